The first-order valence-corrected chi connectivity index (χ1v) is 5.82. The van der Waals surface area contributed by atoms with Gasteiger partial charge in [-0.1, -0.05) is 20.8 Å². The van der Waals surface area contributed by atoms with Crippen LogP contribution in [-0.4, -0.2) is 23.1 Å². The van der Waals surface area contributed by atoms with Crippen LogP contribution in [0.1, 0.15) is 26.3 Å². The zero-order chi connectivity index (χ0) is 12.1. The summed E-state index contributed by atoms with van der Waals surface area (Å²) in [4.78, 5) is 2.30. The molecule has 0 atom stereocenters. The normalized spacial score (nSPS) is 11.3. The van der Waals surface area contributed by atoms with Crippen LogP contribution in [0.4, 0.5) is 5.69 Å². The first-order valence-electron chi connectivity index (χ1n) is 5.82. The molecule has 0 spiro atoms. The molecule has 1 aromatic rings. The summed E-state index contributed by atoms with van der Waals surface area (Å²) in [5.74, 6) is 0.958. The van der Waals surface area contributed by atoms with Crippen molar-refractivity contribution in [3.63, 3.8) is 0 Å². The number of nitrogens with zero attached hydrogens (tertiary/aromatic N) is 1. The van der Waals surface area contributed by atoms with Crippen LogP contribution < -0.4 is 5.73 Å². The maximum absolute atomic E-state index is 9.73. The zero-order valence-electron chi connectivity index (χ0n) is 10.4. The maximum Gasteiger partial charge on any atom is 0.120 e. The van der Waals surface area contributed by atoms with Gasteiger partial charge in [0.1, 0.15) is 5.75 Å². The molecule has 3 N–H and O–H groups in total. The van der Waals surface area contributed by atoms with Crippen molar-refractivity contribution in [2.45, 2.75) is 27.3 Å². The summed E-state index contributed by atoms with van der Waals surface area (Å²) in [7, 11) is 0. The van der Waals surface area contributed by atoms with Crippen LogP contribution in [-0.2, 0) is 6.54 Å². The van der Waals surface area contributed by atoms with Crippen molar-refractivity contribution in [3.8, 4) is 5.75 Å². The van der Waals surface area contributed by atoms with E-state index in [9.17, 15) is 5.11 Å². The fourth-order valence-corrected chi connectivity index (χ4v) is 1.79. The lowest BCUT2D eigenvalue weighted by Gasteiger charge is -2.23. The Kier molecular flexibility index (Phi) is 4.62. The van der Waals surface area contributed by atoms with E-state index in [1.165, 1.54) is 0 Å². The lowest BCUT2D eigenvalue weighted by molar-refractivity contribution is 0.245. The minimum atomic E-state index is 0.330. The van der Waals surface area contributed by atoms with E-state index in [-0.39, 0.29) is 0 Å². The molecule has 0 amide bonds. The Morgan fingerprint density at radius 2 is 2.06 bits per heavy atom. The van der Waals surface area contributed by atoms with Gasteiger partial charge in [0.15, 0.2) is 0 Å². The second-order valence-corrected chi connectivity index (χ2v) is 4.61. The van der Waals surface area contributed by atoms with Crippen molar-refractivity contribution < 1.29 is 5.11 Å². The Morgan fingerprint density at radius 3 is 2.62 bits per heavy atom. The highest BCUT2D eigenvalue weighted by atomic mass is 16.3. The highest BCUT2D eigenvalue weighted by Gasteiger charge is 2.09. The number of hydrogen-bond acceptors (Lipinski definition) is 3. The van der Waals surface area contributed by atoms with Crippen LogP contribution in [0.5, 0.6) is 5.75 Å². The second-order valence-electron chi connectivity index (χ2n) is 4.61. The van der Waals surface area contributed by atoms with Gasteiger partial charge < -0.3 is 10.8 Å². The van der Waals surface area contributed by atoms with Crippen LogP contribution in [0.15, 0.2) is 18.2 Å². The van der Waals surface area contributed by atoms with Crippen molar-refractivity contribution in [2.75, 3.05) is 18.8 Å². The lowest BCUT2D eigenvalue weighted by atomic mass is 10.1. The molecule has 0 radical (unpaired) electrons. The predicted octanol–water partition coefficient (Wildman–Crippen LogP) is 2.45. The largest absolute Gasteiger partial charge is 0.508 e. The molecule has 0 saturated carbocycles. The van der Waals surface area contributed by atoms with Gasteiger partial charge in [0.2, 0.25) is 0 Å². The molecule has 3 nitrogen and oxygen atoms in total. The van der Waals surface area contributed by atoms with E-state index in [4.69, 9.17) is 5.73 Å². The smallest absolute Gasteiger partial charge is 0.120 e. The third-order valence-corrected chi connectivity index (χ3v) is 2.57. The number of phenolic OH excluding ortho intramolecular Hbond substituents is 1. The monoisotopic (exact) mass is 222 g/mol. The summed E-state index contributed by atoms with van der Waals surface area (Å²) in [5, 5.41) is 9.73. The molecule has 3 heteroatoms. The molecule has 0 saturated heterocycles. The van der Waals surface area contributed by atoms with Crippen molar-refractivity contribution >= 4 is 5.69 Å². The van der Waals surface area contributed by atoms with E-state index < -0.39 is 0 Å². The Balaban J connectivity index is 2.73. The van der Waals surface area contributed by atoms with Crippen LogP contribution in [0.2, 0.25) is 0 Å². The van der Waals surface area contributed by atoms with Gasteiger partial charge in [0.05, 0.1) is 0 Å². The van der Waals surface area contributed by atoms with Crippen molar-refractivity contribution in [1.82, 2.24) is 4.90 Å². The number of rotatable bonds is 5. The number of nitrogens with two attached hydrogens (primary N) is 1. The van der Waals surface area contributed by atoms with E-state index in [1.807, 2.05) is 6.07 Å². The average Bonchev–Trinajstić information content (AvgIpc) is 2.21. The minimum Gasteiger partial charge on any atom is -0.508 e. The number of anilines is 1. The molecule has 0 aliphatic heterocycles. The number of benzene rings is 1. The molecule has 0 aromatic heterocycles. The molecule has 0 unspecified atom stereocenters. The van der Waals surface area contributed by atoms with Gasteiger partial charge in [-0.3, -0.25) is 4.90 Å². The van der Waals surface area contributed by atoms with E-state index in [2.05, 4.69) is 25.7 Å². The molecule has 0 aliphatic rings. The van der Waals surface area contributed by atoms with Crippen LogP contribution in [0.3, 0.4) is 0 Å². The van der Waals surface area contributed by atoms with E-state index in [0.717, 1.165) is 25.2 Å². The van der Waals surface area contributed by atoms with Gasteiger partial charge in [-0.15, -0.1) is 0 Å². The molecule has 1 aromatic carbocycles. The number of nitrogen functional groups attached to an aromatic ring is 1. The number of hydrogen-bond donors (Lipinski definition) is 2. The second kappa shape index (κ2) is 5.75. The SMILES string of the molecule is CCN(Cc1cc(N)ccc1O)CC(C)C. The Labute approximate surface area is 97.9 Å². The molecule has 1 rings (SSSR count). The summed E-state index contributed by atoms with van der Waals surface area (Å²) in [6.45, 7) is 9.29. The zero-order valence-corrected chi connectivity index (χ0v) is 10.4. The van der Waals surface area contributed by atoms with Gasteiger partial charge in [-0.2, -0.15) is 0 Å². The quantitative estimate of drug-likeness (QED) is 0.594. The average molecular weight is 222 g/mol. The highest BCUT2D eigenvalue weighted by Crippen LogP contribution is 2.21. The third-order valence-electron chi connectivity index (χ3n) is 2.57. The van der Waals surface area contributed by atoms with Crippen molar-refractivity contribution in [1.29, 1.82) is 0 Å². The van der Waals surface area contributed by atoms with E-state index in [0.29, 0.717) is 17.4 Å². The molecule has 0 aliphatic carbocycles. The summed E-state index contributed by atoms with van der Waals surface area (Å²) >= 11 is 0. The van der Waals surface area contributed by atoms with Gasteiger partial charge in [-0.25, -0.2) is 0 Å². The van der Waals surface area contributed by atoms with E-state index in [1.54, 1.807) is 12.1 Å². The number of aromatic hydroxyl groups is 1. The Morgan fingerprint density at radius 1 is 1.38 bits per heavy atom. The maximum atomic E-state index is 9.73. The molecule has 90 valence electrons. The minimum absolute atomic E-state index is 0.330. The van der Waals surface area contributed by atoms with Crippen LogP contribution in [0.25, 0.3) is 0 Å². The Bertz CT molecular complexity index is 337. The third kappa shape index (κ3) is 3.74. The van der Waals surface area contributed by atoms with Gasteiger partial charge in [0, 0.05) is 24.3 Å². The van der Waals surface area contributed by atoms with Crippen LogP contribution in [0, 0.1) is 5.92 Å². The molecule has 0 fully saturated rings. The highest BCUT2D eigenvalue weighted by molar-refractivity contribution is 5.47. The van der Waals surface area contributed by atoms with E-state index >= 15 is 0 Å². The lowest BCUT2D eigenvalue weighted by Crippen LogP contribution is -2.27. The fraction of sp³-hybridized carbons (Fsp3) is 0.538. The topological polar surface area (TPSA) is 49.5 Å². The molecule has 0 heterocycles. The predicted molar refractivity (Wildman–Crippen MR) is 68.3 cm³/mol. The van der Waals surface area contributed by atoms with Gasteiger partial charge in [-0.05, 0) is 30.7 Å². The molecular formula is C13H22N2O. The van der Waals surface area contributed by atoms with Crippen molar-refractivity contribution in [3.05, 3.63) is 23.8 Å². The van der Waals surface area contributed by atoms with Gasteiger partial charge >= 0.3 is 0 Å². The fourth-order valence-electron chi connectivity index (χ4n) is 1.79. The van der Waals surface area contributed by atoms with Gasteiger partial charge in [0.25, 0.3) is 0 Å². The summed E-state index contributed by atoms with van der Waals surface area (Å²) in [6, 6.07) is 5.23. The van der Waals surface area contributed by atoms with Crippen molar-refractivity contribution in [2.24, 2.45) is 5.92 Å². The molecule has 0 bridgehead atoms. The molecular weight excluding hydrogens is 200 g/mol. The standard InChI is InChI=1S/C13H22N2O/c1-4-15(8-10(2)3)9-11-7-12(14)5-6-13(11)16/h5-7,10,16H,4,8-9,14H2,1-3H3. The molecule has 16 heavy (non-hydrogen) atoms. The summed E-state index contributed by atoms with van der Waals surface area (Å²) < 4.78 is 0. The Hall–Kier alpha value is -1.22. The first-order chi connectivity index (χ1) is 7.52. The summed E-state index contributed by atoms with van der Waals surface area (Å²) in [6.07, 6.45) is 0. The van der Waals surface area contributed by atoms with Crippen LogP contribution >= 0.6 is 0 Å². The first kappa shape index (κ1) is 12.8. The number of phenols is 1. The summed E-state index contributed by atoms with van der Waals surface area (Å²) in [5.41, 5.74) is 7.32.